The lowest BCUT2D eigenvalue weighted by Gasteiger charge is -2.09. The van der Waals surface area contributed by atoms with E-state index in [1.165, 1.54) is 0 Å². The minimum atomic E-state index is -0.0834. The normalized spacial score (nSPS) is 10.5. The Labute approximate surface area is 115 Å². The molecule has 1 rings (SSSR count). The van der Waals surface area contributed by atoms with Gasteiger partial charge in [0.05, 0.1) is 5.56 Å². The average Bonchev–Trinajstić information content (AvgIpc) is 2.41. The Morgan fingerprint density at radius 3 is 2.74 bits per heavy atom. The number of amides is 1. The number of nitrogens with one attached hydrogen (secondary N) is 2. The van der Waals surface area contributed by atoms with Gasteiger partial charge in [-0.05, 0) is 37.4 Å². The van der Waals surface area contributed by atoms with Crippen LogP contribution in [0.5, 0.6) is 0 Å². The van der Waals surface area contributed by atoms with Crippen LogP contribution in [0.4, 0.5) is 5.82 Å². The molecule has 0 spiro atoms. The van der Waals surface area contributed by atoms with Crippen LogP contribution in [0.1, 0.15) is 37.0 Å². The second-order valence-corrected chi connectivity index (χ2v) is 4.96. The van der Waals surface area contributed by atoms with Crippen LogP contribution in [0.25, 0.3) is 0 Å². The fraction of sp³-hybridized carbons (Fsp3) is 0.571. The van der Waals surface area contributed by atoms with Gasteiger partial charge in [-0.15, -0.1) is 0 Å². The SMILES string of the molecule is CC(C)CNc1ccc(C(=O)NCCCCN)cn1. The first-order valence-corrected chi connectivity index (χ1v) is 6.81. The summed E-state index contributed by atoms with van der Waals surface area (Å²) in [6, 6.07) is 3.62. The molecule has 0 fully saturated rings. The maximum Gasteiger partial charge on any atom is 0.252 e. The van der Waals surface area contributed by atoms with Crippen LogP contribution in [0.15, 0.2) is 18.3 Å². The Morgan fingerprint density at radius 1 is 1.37 bits per heavy atom. The largest absolute Gasteiger partial charge is 0.370 e. The molecule has 19 heavy (non-hydrogen) atoms. The number of pyridine rings is 1. The van der Waals surface area contributed by atoms with E-state index in [1.807, 2.05) is 6.07 Å². The Hall–Kier alpha value is -1.62. The number of carbonyl (C=O) groups excluding carboxylic acids is 1. The Balaban J connectivity index is 2.40. The summed E-state index contributed by atoms with van der Waals surface area (Å²) in [5.41, 5.74) is 5.98. The maximum atomic E-state index is 11.8. The number of nitrogens with zero attached hydrogens (tertiary/aromatic N) is 1. The Bertz CT molecular complexity index is 376. The van der Waals surface area contributed by atoms with E-state index in [1.54, 1.807) is 12.3 Å². The van der Waals surface area contributed by atoms with Crippen molar-refractivity contribution in [2.45, 2.75) is 26.7 Å². The lowest BCUT2D eigenvalue weighted by Crippen LogP contribution is -2.25. The molecule has 0 aliphatic rings. The highest BCUT2D eigenvalue weighted by Crippen LogP contribution is 2.06. The van der Waals surface area contributed by atoms with Crippen molar-refractivity contribution in [3.63, 3.8) is 0 Å². The highest BCUT2D eigenvalue weighted by molar-refractivity contribution is 5.93. The highest BCUT2D eigenvalue weighted by atomic mass is 16.1. The molecule has 106 valence electrons. The van der Waals surface area contributed by atoms with Crippen molar-refractivity contribution in [3.8, 4) is 0 Å². The van der Waals surface area contributed by atoms with Crippen molar-refractivity contribution < 1.29 is 4.79 Å². The smallest absolute Gasteiger partial charge is 0.252 e. The molecule has 0 saturated heterocycles. The van der Waals surface area contributed by atoms with Crippen LogP contribution in [-0.2, 0) is 0 Å². The summed E-state index contributed by atoms with van der Waals surface area (Å²) in [7, 11) is 0. The van der Waals surface area contributed by atoms with Gasteiger partial charge in [-0.2, -0.15) is 0 Å². The van der Waals surface area contributed by atoms with Gasteiger partial charge in [-0.3, -0.25) is 4.79 Å². The summed E-state index contributed by atoms with van der Waals surface area (Å²) >= 11 is 0. The second-order valence-electron chi connectivity index (χ2n) is 4.96. The van der Waals surface area contributed by atoms with E-state index in [0.29, 0.717) is 24.6 Å². The fourth-order valence-corrected chi connectivity index (χ4v) is 1.51. The van der Waals surface area contributed by atoms with Gasteiger partial charge in [0, 0.05) is 19.3 Å². The molecule has 0 aromatic carbocycles. The number of carbonyl (C=O) groups is 1. The van der Waals surface area contributed by atoms with Crippen molar-refractivity contribution in [1.82, 2.24) is 10.3 Å². The van der Waals surface area contributed by atoms with E-state index in [9.17, 15) is 4.79 Å². The topological polar surface area (TPSA) is 80.0 Å². The van der Waals surface area contributed by atoms with Crippen LogP contribution >= 0.6 is 0 Å². The van der Waals surface area contributed by atoms with Crippen molar-refractivity contribution in [3.05, 3.63) is 23.9 Å². The number of hydrogen-bond acceptors (Lipinski definition) is 4. The van der Waals surface area contributed by atoms with Gasteiger partial charge < -0.3 is 16.4 Å². The number of aromatic nitrogens is 1. The predicted octanol–water partition coefficient (Wildman–Crippen LogP) is 1.62. The zero-order chi connectivity index (χ0) is 14.1. The summed E-state index contributed by atoms with van der Waals surface area (Å²) in [5.74, 6) is 1.28. The van der Waals surface area contributed by atoms with E-state index >= 15 is 0 Å². The van der Waals surface area contributed by atoms with Gasteiger partial charge in [0.15, 0.2) is 0 Å². The molecule has 0 radical (unpaired) electrons. The van der Waals surface area contributed by atoms with E-state index in [4.69, 9.17) is 5.73 Å². The third-order valence-corrected chi connectivity index (χ3v) is 2.63. The van der Waals surface area contributed by atoms with Gasteiger partial charge in [0.25, 0.3) is 5.91 Å². The molecular weight excluding hydrogens is 240 g/mol. The van der Waals surface area contributed by atoms with Crippen LogP contribution in [0.2, 0.25) is 0 Å². The molecule has 0 saturated carbocycles. The summed E-state index contributed by atoms with van der Waals surface area (Å²) in [5, 5.41) is 6.06. The number of unbranched alkanes of at least 4 members (excludes halogenated alkanes) is 1. The molecule has 0 aliphatic carbocycles. The van der Waals surface area contributed by atoms with Gasteiger partial charge in [-0.1, -0.05) is 13.8 Å². The molecule has 1 aromatic rings. The molecule has 0 aliphatic heterocycles. The minimum absolute atomic E-state index is 0.0834. The first-order chi connectivity index (χ1) is 9.13. The molecule has 0 bridgehead atoms. The average molecular weight is 264 g/mol. The molecule has 5 nitrogen and oxygen atoms in total. The van der Waals surface area contributed by atoms with E-state index in [0.717, 1.165) is 25.2 Å². The molecule has 5 heteroatoms. The molecule has 0 unspecified atom stereocenters. The van der Waals surface area contributed by atoms with E-state index < -0.39 is 0 Å². The summed E-state index contributed by atoms with van der Waals surface area (Å²) < 4.78 is 0. The van der Waals surface area contributed by atoms with E-state index in [-0.39, 0.29) is 5.91 Å². The third kappa shape index (κ3) is 6.20. The first kappa shape index (κ1) is 15.4. The molecule has 1 amide bonds. The molecule has 1 heterocycles. The van der Waals surface area contributed by atoms with Crippen molar-refractivity contribution >= 4 is 11.7 Å². The first-order valence-electron chi connectivity index (χ1n) is 6.81. The molecular formula is C14H24N4O. The van der Waals surface area contributed by atoms with E-state index in [2.05, 4.69) is 29.5 Å². The van der Waals surface area contributed by atoms with Crippen molar-refractivity contribution in [1.29, 1.82) is 0 Å². The Morgan fingerprint density at radius 2 is 2.16 bits per heavy atom. The van der Waals surface area contributed by atoms with Gasteiger partial charge >= 0.3 is 0 Å². The standard InChI is InChI=1S/C14H24N4O/c1-11(2)9-17-13-6-5-12(10-18-13)14(19)16-8-4-3-7-15/h5-6,10-11H,3-4,7-9,15H2,1-2H3,(H,16,19)(H,17,18). The maximum absolute atomic E-state index is 11.8. The number of hydrogen-bond donors (Lipinski definition) is 3. The van der Waals surface area contributed by atoms with Crippen molar-refractivity contribution in [2.75, 3.05) is 25.0 Å². The number of rotatable bonds is 8. The zero-order valence-corrected chi connectivity index (χ0v) is 11.8. The van der Waals surface area contributed by atoms with Crippen LogP contribution in [0.3, 0.4) is 0 Å². The lowest BCUT2D eigenvalue weighted by molar-refractivity contribution is 0.0952. The molecule has 0 atom stereocenters. The second kappa shape index (κ2) is 8.48. The number of nitrogens with two attached hydrogens (primary N) is 1. The Kier molecular flexibility index (Phi) is 6.89. The third-order valence-electron chi connectivity index (χ3n) is 2.63. The predicted molar refractivity (Wildman–Crippen MR) is 78.2 cm³/mol. The summed E-state index contributed by atoms with van der Waals surface area (Å²) in [6.07, 6.45) is 3.43. The van der Waals surface area contributed by atoms with Crippen LogP contribution < -0.4 is 16.4 Å². The van der Waals surface area contributed by atoms with Gasteiger partial charge in [0.2, 0.25) is 0 Å². The monoisotopic (exact) mass is 264 g/mol. The fourth-order valence-electron chi connectivity index (χ4n) is 1.51. The number of anilines is 1. The van der Waals surface area contributed by atoms with Crippen molar-refractivity contribution in [2.24, 2.45) is 11.7 Å². The van der Waals surface area contributed by atoms with Crippen LogP contribution in [-0.4, -0.2) is 30.5 Å². The van der Waals surface area contributed by atoms with Gasteiger partial charge in [-0.25, -0.2) is 4.98 Å². The lowest BCUT2D eigenvalue weighted by atomic mass is 10.2. The molecule has 4 N–H and O–H groups in total. The summed E-state index contributed by atoms with van der Waals surface area (Å²) in [6.45, 7) is 6.46. The highest BCUT2D eigenvalue weighted by Gasteiger charge is 2.05. The summed E-state index contributed by atoms with van der Waals surface area (Å²) in [4.78, 5) is 16.0. The zero-order valence-electron chi connectivity index (χ0n) is 11.8. The molecule has 1 aromatic heterocycles. The quantitative estimate of drug-likeness (QED) is 0.623. The minimum Gasteiger partial charge on any atom is -0.370 e. The van der Waals surface area contributed by atoms with Gasteiger partial charge in [0.1, 0.15) is 5.82 Å². The van der Waals surface area contributed by atoms with Crippen LogP contribution in [0, 0.1) is 5.92 Å².